The van der Waals surface area contributed by atoms with Gasteiger partial charge in [-0.2, -0.15) is 0 Å². The standard InChI is InChI=1S/C36H43N5O5/c1-4-32(42)37-19-10-9-18-31(39-33(43)24-28-14-6-5-12-25(28)2)36(46)41-22-20-40(21-23-41)35(45)26(3)38-34(44)30-17-11-15-27-13-7-8-16-29(27)30/h4-8,11-17,26,31H,1,9-10,18-24H2,2-3H3,(H,37,42)(H,38,44)(H,39,43)/t26-,31+/m1/s1. The number of hydrogen-bond donors (Lipinski definition) is 3. The van der Waals surface area contributed by atoms with Crippen molar-refractivity contribution in [2.24, 2.45) is 0 Å². The molecule has 1 heterocycles. The topological polar surface area (TPSA) is 128 Å². The molecule has 0 bridgehead atoms. The van der Waals surface area contributed by atoms with Gasteiger partial charge in [0, 0.05) is 38.3 Å². The lowest BCUT2D eigenvalue weighted by Gasteiger charge is -2.37. The Bertz CT molecular complexity index is 1570. The van der Waals surface area contributed by atoms with Crippen molar-refractivity contribution in [3.8, 4) is 0 Å². The van der Waals surface area contributed by atoms with Crippen LogP contribution in [0.5, 0.6) is 0 Å². The molecular formula is C36H43N5O5. The molecule has 10 nitrogen and oxygen atoms in total. The summed E-state index contributed by atoms with van der Waals surface area (Å²) in [6.07, 6.45) is 3.05. The van der Waals surface area contributed by atoms with Crippen molar-refractivity contribution < 1.29 is 24.0 Å². The molecule has 4 rings (SSSR count). The molecule has 0 saturated carbocycles. The molecule has 5 amide bonds. The number of carbonyl (C=O) groups is 5. The van der Waals surface area contributed by atoms with Crippen LogP contribution in [0.1, 0.15) is 47.7 Å². The van der Waals surface area contributed by atoms with Gasteiger partial charge in [0.05, 0.1) is 6.42 Å². The average molecular weight is 626 g/mol. The Morgan fingerprint density at radius 3 is 2.20 bits per heavy atom. The SMILES string of the molecule is C=CC(=O)NCCCC[C@H](NC(=O)Cc1ccccc1C)C(=O)N1CCN(C(=O)[C@@H](C)NC(=O)c2cccc3ccccc23)CC1. The fourth-order valence-corrected chi connectivity index (χ4v) is 5.64. The van der Waals surface area contributed by atoms with Crippen LogP contribution in [0, 0.1) is 6.92 Å². The highest BCUT2D eigenvalue weighted by Crippen LogP contribution is 2.19. The Hall–Kier alpha value is -4.99. The van der Waals surface area contributed by atoms with Crippen LogP contribution in [0.2, 0.25) is 0 Å². The molecule has 0 unspecified atom stereocenters. The van der Waals surface area contributed by atoms with E-state index in [1.165, 1.54) is 6.08 Å². The lowest BCUT2D eigenvalue weighted by atomic mass is 10.0. The van der Waals surface area contributed by atoms with Gasteiger partial charge < -0.3 is 25.8 Å². The second kappa shape index (κ2) is 16.4. The molecule has 1 fully saturated rings. The van der Waals surface area contributed by atoms with E-state index in [0.717, 1.165) is 21.9 Å². The van der Waals surface area contributed by atoms with Gasteiger partial charge in [-0.25, -0.2) is 0 Å². The summed E-state index contributed by atoms with van der Waals surface area (Å²) in [4.78, 5) is 67.8. The van der Waals surface area contributed by atoms with Crippen molar-refractivity contribution in [3.63, 3.8) is 0 Å². The highest BCUT2D eigenvalue weighted by Gasteiger charge is 2.31. The summed E-state index contributed by atoms with van der Waals surface area (Å²) < 4.78 is 0. The van der Waals surface area contributed by atoms with Crippen molar-refractivity contribution in [2.45, 2.75) is 51.6 Å². The molecule has 1 saturated heterocycles. The number of amides is 5. The lowest BCUT2D eigenvalue weighted by molar-refractivity contribution is -0.142. The Morgan fingerprint density at radius 2 is 1.48 bits per heavy atom. The molecule has 1 aliphatic rings. The first kappa shape index (κ1) is 33.9. The number of piperazine rings is 1. The third-order valence-electron chi connectivity index (χ3n) is 8.31. The quantitative estimate of drug-likeness (QED) is 0.199. The van der Waals surface area contributed by atoms with Crippen LogP contribution in [0.3, 0.4) is 0 Å². The third kappa shape index (κ3) is 9.03. The molecule has 1 aliphatic heterocycles. The van der Waals surface area contributed by atoms with Gasteiger partial charge in [-0.3, -0.25) is 24.0 Å². The lowest BCUT2D eigenvalue weighted by Crippen LogP contribution is -2.58. The van der Waals surface area contributed by atoms with Gasteiger partial charge in [0.2, 0.25) is 23.6 Å². The Labute approximate surface area is 270 Å². The van der Waals surface area contributed by atoms with E-state index in [9.17, 15) is 24.0 Å². The van der Waals surface area contributed by atoms with Gasteiger partial charge in [-0.15, -0.1) is 0 Å². The van der Waals surface area contributed by atoms with Crippen molar-refractivity contribution in [1.82, 2.24) is 25.8 Å². The zero-order valence-corrected chi connectivity index (χ0v) is 26.6. The van der Waals surface area contributed by atoms with E-state index in [1.807, 2.05) is 67.6 Å². The number of carbonyl (C=O) groups excluding carboxylic acids is 5. The summed E-state index contributed by atoms with van der Waals surface area (Å²) in [6, 6.07) is 19.3. The summed E-state index contributed by atoms with van der Waals surface area (Å²) in [6.45, 7) is 8.76. The van der Waals surface area contributed by atoms with E-state index in [-0.39, 0.29) is 36.0 Å². The number of nitrogens with one attached hydrogen (secondary N) is 3. The molecular weight excluding hydrogens is 582 g/mol. The van der Waals surface area contributed by atoms with Gasteiger partial charge in [0.1, 0.15) is 12.1 Å². The molecule has 2 atom stereocenters. The molecule has 0 radical (unpaired) electrons. The van der Waals surface area contributed by atoms with Crippen molar-refractivity contribution in [2.75, 3.05) is 32.7 Å². The van der Waals surface area contributed by atoms with Crippen molar-refractivity contribution >= 4 is 40.3 Å². The zero-order chi connectivity index (χ0) is 33.1. The molecule has 3 N–H and O–H groups in total. The van der Waals surface area contributed by atoms with Gasteiger partial charge in [0.15, 0.2) is 0 Å². The van der Waals surface area contributed by atoms with E-state index >= 15 is 0 Å². The summed E-state index contributed by atoms with van der Waals surface area (Å²) in [5.41, 5.74) is 2.40. The predicted molar refractivity (Wildman–Crippen MR) is 178 cm³/mol. The monoisotopic (exact) mass is 625 g/mol. The fraction of sp³-hybridized carbons (Fsp3) is 0.361. The molecule has 0 aliphatic carbocycles. The molecule has 3 aromatic carbocycles. The number of aryl methyl sites for hydroxylation is 1. The zero-order valence-electron chi connectivity index (χ0n) is 26.6. The van der Waals surface area contributed by atoms with Crippen LogP contribution < -0.4 is 16.0 Å². The summed E-state index contributed by atoms with van der Waals surface area (Å²) in [7, 11) is 0. The minimum absolute atomic E-state index is 0.163. The van der Waals surface area contributed by atoms with Gasteiger partial charge in [-0.1, -0.05) is 67.2 Å². The Balaban J connectivity index is 1.33. The maximum Gasteiger partial charge on any atom is 0.252 e. The van der Waals surface area contributed by atoms with E-state index in [4.69, 9.17) is 0 Å². The van der Waals surface area contributed by atoms with Gasteiger partial charge >= 0.3 is 0 Å². The Kier molecular flexibility index (Phi) is 12.1. The maximum atomic E-state index is 13.7. The Morgan fingerprint density at radius 1 is 0.826 bits per heavy atom. The van der Waals surface area contributed by atoms with E-state index < -0.39 is 12.1 Å². The summed E-state index contributed by atoms with van der Waals surface area (Å²) in [5.74, 6) is -1.23. The molecule has 242 valence electrons. The minimum atomic E-state index is -0.746. The van der Waals surface area contributed by atoms with Crippen LogP contribution in [-0.4, -0.2) is 84.1 Å². The predicted octanol–water partition coefficient (Wildman–Crippen LogP) is 3.14. The van der Waals surface area contributed by atoms with Crippen molar-refractivity contribution in [3.05, 3.63) is 96.1 Å². The second-order valence-electron chi connectivity index (χ2n) is 11.6. The fourth-order valence-electron chi connectivity index (χ4n) is 5.64. The van der Waals surface area contributed by atoms with E-state index in [0.29, 0.717) is 57.5 Å². The van der Waals surface area contributed by atoms with E-state index in [1.54, 1.807) is 22.8 Å². The molecule has 0 spiro atoms. The number of benzene rings is 3. The van der Waals surface area contributed by atoms with Crippen LogP contribution >= 0.6 is 0 Å². The largest absolute Gasteiger partial charge is 0.353 e. The highest BCUT2D eigenvalue weighted by molar-refractivity contribution is 6.08. The number of nitrogens with zero attached hydrogens (tertiary/aromatic N) is 2. The second-order valence-corrected chi connectivity index (χ2v) is 11.6. The van der Waals surface area contributed by atoms with Crippen LogP contribution in [0.25, 0.3) is 10.8 Å². The van der Waals surface area contributed by atoms with Gasteiger partial charge in [0.25, 0.3) is 5.91 Å². The maximum absolute atomic E-state index is 13.7. The molecule has 10 heteroatoms. The summed E-state index contributed by atoms with van der Waals surface area (Å²) >= 11 is 0. The first-order valence-electron chi connectivity index (χ1n) is 15.8. The smallest absolute Gasteiger partial charge is 0.252 e. The first-order chi connectivity index (χ1) is 22.2. The molecule has 0 aromatic heterocycles. The van der Waals surface area contributed by atoms with E-state index in [2.05, 4.69) is 22.5 Å². The first-order valence-corrected chi connectivity index (χ1v) is 15.8. The van der Waals surface area contributed by atoms with Crippen LogP contribution in [-0.2, 0) is 25.6 Å². The van der Waals surface area contributed by atoms with Crippen molar-refractivity contribution in [1.29, 1.82) is 0 Å². The van der Waals surface area contributed by atoms with Crippen LogP contribution in [0.4, 0.5) is 0 Å². The number of fused-ring (bicyclic) bond motifs is 1. The summed E-state index contributed by atoms with van der Waals surface area (Å²) in [5, 5.41) is 10.3. The normalized spacial score (nSPS) is 14.2. The van der Waals surface area contributed by atoms with Gasteiger partial charge in [-0.05, 0) is 67.2 Å². The number of hydrogen-bond acceptors (Lipinski definition) is 5. The highest BCUT2D eigenvalue weighted by atomic mass is 16.2. The molecule has 46 heavy (non-hydrogen) atoms. The number of unbranched alkanes of at least 4 members (excludes halogenated alkanes) is 1. The van der Waals surface area contributed by atoms with Crippen LogP contribution in [0.15, 0.2) is 79.4 Å². The minimum Gasteiger partial charge on any atom is -0.353 e. The average Bonchev–Trinajstić information content (AvgIpc) is 3.07. The molecule has 3 aromatic rings. The number of rotatable bonds is 13. The third-order valence-corrected chi connectivity index (χ3v) is 8.31.